The fourth-order valence-corrected chi connectivity index (χ4v) is 2.74. The Hall–Kier alpha value is -1.79. The van der Waals surface area contributed by atoms with Gasteiger partial charge in [-0.25, -0.2) is 9.97 Å². The van der Waals surface area contributed by atoms with E-state index in [1.807, 2.05) is 0 Å². The van der Waals surface area contributed by atoms with Gasteiger partial charge in [0.25, 0.3) is 0 Å². The number of benzene rings is 1. The second kappa shape index (κ2) is 6.78. The lowest BCUT2D eigenvalue weighted by atomic mass is 10.1. The molecule has 2 aromatic rings. The largest absolute Gasteiger partial charge is 0.383 e. The number of aryl methyl sites for hydroxylation is 1. The van der Waals surface area contributed by atoms with E-state index in [1.165, 1.54) is 22.9 Å². The molecule has 0 saturated carbocycles. The lowest BCUT2D eigenvalue weighted by molar-refractivity contribution is 0.587. The summed E-state index contributed by atoms with van der Waals surface area (Å²) in [5.74, 6) is 0.777. The van der Waals surface area contributed by atoms with Crippen LogP contribution >= 0.6 is 11.8 Å². The van der Waals surface area contributed by atoms with Crippen molar-refractivity contribution in [2.75, 3.05) is 11.5 Å². The molecule has 0 aliphatic heterocycles. The summed E-state index contributed by atoms with van der Waals surface area (Å²) >= 11 is 1.46. The molecule has 2 rings (SSSR count). The zero-order valence-electron chi connectivity index (χ0n) is 12.6. The van der Waals surface area contributed by atoms with Crippen molar-refractivity contribution in [2.45, 2.75) is 43.4 Å². The second-order valence-electron chi connectivity index (χ2n) is 5.23. The highest BCUT2D eigenvalue weighted by Crippen LogP contribution is 2.27. The van der Waals surface area contributed by atoms with Crippen LogP contribution in [0.25, 0.3) is 0 Å². The fourth-order valence-electron chi connectivity index (χ4n) is 1.86. The van der Waals surface area contributed by atoms with Gasteiger partial charge < -0.3 is 16.8 Å². The van der Waals surface area contributed by atoms with E-state index >= 15 is 0 Å². The molecule has 0 saturated heterocycles. The highest BCUT2D eigenvalue weighted by molar-refractivity contribution is 7.99. The summed E-state index contributed by atoms with van der Waals surface area (Å²) in [6, 6.07) is 8.35. The van der Waals surface area contributed by atoms with E-state index in [0.717, 1.165) is 11.4 Å². The predicted molar refractivity (Wildman–Crippen MR) is 88.1 cm³/mol. The quantitative estimate of drug-likeness (QED) is 0.736. The van der Waals surface area contributed by atoms with Gasteiger partial charge in [-0.15, -0.1) is 0 Å². The second-order valence-corrected chi connectivity index (χ2v) is 6.27. The Balaban J connectivity index is 2.12. The van der Waals surface area contributed by atoms with Gasteiger partial charge in [0.05, 0.1) is 0 Å². The van der Waals surface area contributed by atoms with Crippen LogP contribution in [0.4, 0.5) is 11.6 Å². The highest BCUT2D eigenvalue weighted by Gasteiger charge is 2.06. The summed E-state index contributed by atoms with van der Waals surface area (Å²) in [6.07, 6.45) is 0. The van der Waals surface area contributed by atoms with Crippen LogP contribution in [0.5, 0.6) is 0 Å². The standard InChI is InChI=1S/C15H21N5S/c1-9(2)18-8-11-4-5-12(6-10(11)3)21-15-19-13(16)7-14(17)20-15/h4-7,9,18H,8H2,1-3H3,(H4,16,17,19,20). The Morgan fingerprint density at radius 2 is 1.81 bits per heavy atom. The van der Waals surface area contributed by atoms with Crippen molar-refractivity contribution in [3.8, 4) is 0 Å². The number of nitrogens with zero attached hydrogens (tertiary/aromatic N) is 2. The summed E-state index contributed by atoms with van der Waals surface area (Å²) in [6.45, 7) is 7.26. The van der Waals surface area contributed by atoms with Gasteiger partial charge in [0.1, 0.15) is 11.6 Å². The van der Waals surface area contributed by atoms with E-state index in [-0.39, 0.29) is 0 Å². The molecule has 5 N–H and O–H groups in total. The van der Waals surface area contributed by atoms with Crippen molar-refractivity contribution in [2.24, 2.45) is 0 Å². The van der Waals surface area contributed by atoms with Crippen molar-refractivity contribution >= 4 is 23.4 Å². The maximum absolute atomic E-state index is 5.68. The molecule has 1 aromatic heterocycles. The predicted octanol–water partition coefficient (Wildman–Crippen LogP) is 2.60. The molecular formula is C15H21N5S. The normalized spacial score (nSPS) is 11.0. The lowest BCUT2D eigenvalue weighted by Gasteiger charge is -2.11. The lowest BCUT2D eigenvalue weighted by Crippen LogP contribution is -2.22. The number of aromatic nitrogens is 2. The Labute approximate surface area is 129 Å². The molecule has 6 heteroatoms. The number of rotatable bonds is 5. The van der Waals surface area contributed by atoms with E-state index in [4.69, 9.17) is 11.5 Å². The minimum atomic E-state index is 0.388. The zero-order chi connectivity index (χ0) is 15.4. The Kier molecular flexibility index (Phi) is 5.03. The molecule has 0 aliphatic carbocycles. The number of nitrogens with two attached hydrogens (primary N) is 2. The van der Waals surface area contributed by atoms with E-state index in [2.05, 4.69) is 54.3 Å². The van der Waals surface area contributed by atoms with Crippen LogP contribution in [0.2, 0.25) is 0 Å². The van der Waals surface area contributed by atoms with Crippen LogP contribution in [0.15, 0.2) is 34.3 Å². The maximum atomic E-state index is 5.68. The van der Waals surface area contributed by atoms with Gasteiger partial charge in [-0.3, -0.25) is 0 Å². The molecule has 1 heterocycles. The first-order valence-electron chi connectivity index (χ1n) is 6.85. The number of hydrogen-bond donors (Lipinski definition) is 3. The summed E-state index contributed by atoms with van der Waals surface area (Å²) in [5.41, 5.74) is 13.9. The van der Waals surface area contributed by atoms with Crippen LogP contribution in [0, 0.1) is 6.92 Å². The maximum Gasteiger partial charge on any atom is 0.196 e. The summed E-state index contributed by atoms with van der Waals surface area (Å²) in [5, 5.41) is 3.99. The van der Waals surface area contributed by atoms with Crippen molar-refractivity contribution in [3.63, 3.8) is 0 Å². The van der Waals surface area contributed by atoms with Gasteiger partial charge >= 0.3 is 0 Å². The molecule has 0 bridgehead atoms. The Bertz CT molecular complexity index is 607. The SMILES string of the molecule is Cc1cc(Sc2nc(N)cc(N)n2)ccc1CNC(C)C. The molecule has 5 nitrogen and oxygen atoms in total. The molecule has 112 valence electrons. The average molecular weight is 303 g/mol. The van der Waals surface area contributed by atoms with Crippen molar-refractivity contribution < 1.29 is 0 Å². The third-order valence-corrected chi connectivity index (χ3v) is 3.82. The average Bonchev–Trinajstić information content (AvgIpc) is 2.36. The van der Waals surface area contributed by atoms with Crippen molar-refractivity contribution in [1.82, 2.24) is 15.3 Å². The first-order chi connectivity index (χ1) is 9.94. The molecule has 0 amide bonds. The third kappa shape index (κ3) is 4.61. The number of nitrogens with one attached hydrogen (secondary N) is 1. The topological polar surface area (TPSA) is 89.8 Å². The van der Waals surface area contributed by atoms with Crippen LogP contribution < -0.4 is 16.8 Å². The Morgan fingerprint density at radius 3 is 2.38 bits per heavy atom. The minimum absolute atomic E-state index is 0.388. The van der Waals surface area contributed by atoms with Crippen LogP contribution in [0.1, 0.15) is 25.0 Å². The number of nitrogen functional groups attached to an aromatic ring is 2. The van der Waals surface area contributed by atoms with Crippen molar-refractivity contribution in [1.29, 1.82) is 0 Å². The first-order valence-corrected chi connectivity index (χ1v) is 7.66. The van der Waals surface area contributed by atoms with Gasteiger partial charge in [0, 0.05) is 23.5 Å². The highest BCUT2D eigenvalue weighted by atomic mass is 32.2. The third-order valence-electron chi connectivity index (χ3n) is 2.97. The number of hydrogen-bond acceptors (Lipinski definition) is 6. The molecule has 0 radical (unpaired) electrons. The van der Waals surface area contributed by atoms with Crippen LogP contribution in [0.3, 0.4) is 0 Å². The van der Waals surface area contributed by atoms with E-state index in [0.29, 0.717) is 22.8 Å². The molecule has 0 aliphatic rings. The summed E-state index contributed by atoms with van der Waals surface area (Å²) in [4.78, 5) is 9.43. The molecule has 0 unspecified atom stereocenters. The van der Waals surface area contributed by atoms with Gasteiger partial charge in [-0.1, -0.05) is 19.9 Å². The molecule has 0 spiro atoms. The first kappa shape index (κ1) is 15.6. The van der Waals surface area contributed by atoms with Gasteiger partial charge in [-0.05, 0) is 41.9 Å². The van der Waals surface area contributed by atoms with Gasteiger partial charge in [-0.2, -0.15) is 0 Å². The smallest absolute Gasteiger partial charge is 0.196 e. The van der Waals surface area contributed by atoms with E-state index < -0.39 is 0 Å². The van der Waals surface area contributed by atoms with Crippen molar-refractivity contribution in [3.05, 3.63) is 35.4 Å². The monoisotopic (exact) mass is 303 g/mol. The Morgan fingerprint density at radius 1 is 1.14 bits per heavy atom. The minimum Gasteiger partial charge on any atom is -0.383 e. The zero-order valence-corrected chi connectivity index (χ0v) is 13.4. The molecular weight excluding hydrogens is 282 g/mol. The van der Waals surface area contributed by atoms with E-state index in [9.17, 15) is 0 Å². The molecule has 21 heavy (non-hydrogen) atoms. The summed E-state index contributed by atoms with van der Waals surface area (Å²) < 4.78 is 0. The van der Waals surface area contributed by atoms with E-state index in [1.54, 1.807) is 6.07 Å². The molecule has 0 atom stereocenters. The molecule has 0 fully saturated rings. The molecule has 1 aromatic carbocycles. The van der Waals surface area contributed by atoms with Crippen LogP contribution in [-0.2, 0) is 6.54 Å². The van der Waals surface area contributed by atoms with Gasteiger partial charge in [0.2, 0.25) is 0 Å². The number of anilines is 2. The van der Waals surface area contributed by atoms with Gasteiger partial charge in [0.15, 0.2) is 5.16 Å². The summed E-state index contributed by atoms with van der Waals surface area (Å²) in [7, 11) is 0. The van der Waals surface area contributed by atoms with Crippen LogP contribution in [-0.4, -0.2) is 16.0 Å². The fraction of sp³-hybridized carbons (Fsp3) is 0.333.